The minimum atomic E-state index is -3.57. The minimum Gasteiger partial charge on any atom is -0.345 e. The Morgan fingerprint density at radius 3 is 2.48 bits per heavy atom. The van der Waals surface area contributed by atoms with Crippen molar-refractivity contribution in [3.63, 3.8) is 0 Å². The van der Waals surface area contributed by atoms with Crippen molar-refractivity contribution in [1.29, 1.82) is 0 Å². The van der Waals surface area contributed by atoms with Gasteiger partial charge in [-0.3, -0.25) is 10.2 Å². The molecule has 1 saturated heterocycles. The number of aryl methyl sites for hydroxylation is 1. The van der Waals surface area contributed by atoms with Crippen molar-refractivity contribution in [2.24, 2.45) is 12.9 Å². The first-order valence-corrected chi connectivity index (χ1v) is 8.24. The Labute approximate surface area is 124 Å². The number of carbonyl (C=O) groups excluding carboxylic acids is 1. The van der Waals surface area contributed by atoms with Gasteiger partial charge in [0.05, 0.1) is 0 Å². The standard InChI is InChI=1S/C12H21N5O3S/c1-3-16-4-6-17(7-5-16)21(19,20)10-8-11(12(18)14-13)15(2)9-10/h8-9H,3-7,13H2,1-2H3,(H,14,18). The van der Waals surface area contributed by atoms with E-state index in [1.54, 1.807) is 7.05 Å². The number of nitrogens with two attached hydrogens (primary N) is 1. The van der Waals surface area contributed by atoms with Crippen LogP contribution in [0.15, 0.2) is 17.2 Å². The van der Waals surface area contributed by atoms with Crippen LogP contribution in [0.1, 0.15) is 17.4 Å². The second kappa shape index (κ2) is 6.14. The van der Waals surface area contributed by atoms with E-state index < -0.39 is 15.9 Å². The molecule has 0 spiro atoms. The number of amides is 1. The van der Waals surface area contributed by atoms with Gasteiger partial charge in [-0.1, -0.05) is 6.92 Å². The van der Waals surface area contributed by atoms with Crippen molar-refractivity contribution < 1.29 is 13.2 Å². The molecule has 0 radical (unpaired) electrons. The molecule has 0 atom stereocenters. The van der Waals surface area contributed by atoms with Gasteiger partial charge in [0.2, 0.25) is 10.0 Å². The lowest BCUT2D eigenvalue weighted by atomic mass is 10.4. The first-order valence-electron chi connectivity index (χ1n) is 6.80. The van der Waals surface area contributed by atoms with Crippen LogP contribution in [0.4, 0.5) is 0 Å². The Morgan fingerprint density at radius 1 is 1.33 bits per heavy atom. The third-order valence-corrected chi connectivity index (χ3v) is 5.62. The van der Waals surface area contributed by atoms with Gasteiger partial charge in [-0.2, -0.15) is 4.31 Å². The minimum absolute atomic E-state index is 0.119. The fourth-order valence-corrected chi connectivity index (χ4v) is 3.90. The third-order valence-electron chi connectivity index (χ3n) is 3.76. The monoisotopic (exact) mass is 315 g/mol. The fourth-order valence-electron chi connectivity index (χ4n) is 2.41. The molecule has 0 saturated carbocycles. The van der Waals surface area contributed by atoms with E-state index in [9.17, 15) is 13.2 Å². The summed E-state index contributed by atoms with van der Waals surface area (Å²) in [6.07, 6.45) is 1.44. The van der Waals surface area contributed by atoms with E-state index in [2.05, 4.69) is 11.8 Å². The molecule has 2 rings (SSSR count). The van der Waals surface area contributed by atoms with Crippen molar-refractivity contribution in [2.45, 2.75) is 11.8 Å². The van der Waals surface area contributed by atoms with Gasteiger partial charge in [0.1, 0.15) is 10.6 Å². The molecular weight excluding hydrogens is 294 g/mol. The summed E-state index contributed by atoms with van der Waals surface area (Å²) in [4.78, 5) is 13.9. The fraction of sp³-hybridized carbons (Fsp3) is 0.583. The number of carbonyl (C=O) groups is 1. The maximum atomic E-state index is 12.6. The highest BCUT2D eigenvalue weighted by molar-refractivity contribution is 7.89. The lowest BCUT2D eigenvalue weighted by molar-refractivity contribution is 0.0945. The van der Waals surface area contributed by atoms with Gasteiger partial charge in [0, 0.05) is 39.4 Å². The number of sulfonamides is 1. The van der Waals surface area contributed by atoms with Gasteiger partial charge in [0.15, 0.2) is 0 Å². The normalized spacial score (nSPS) is 17.9. The van der Waals surface area contributed by atoms with Crippen LogP contribution in [0.5, 0.6) is 0 Å². The average molecular weight is 315 g/mol. The zero-order chi connectivity index (χ0) is 15.6. The SMILES string of the molecule is CCN1CCN(S(=O)(=O)c2cc(C(=O)NN)n(C)c2)CC1. The van der Waals surface area contributed by atoms with Crippen LogP contribution in [0.3, 0.4) is 0 Å². The smallest absolute Gasteiger partial charge is 0.281 e. The first-order chi connectivity index (χ1) is 9.90. The van der Waals surface area contributed by atoms with Crippen molar-refractivity contribution in [2.75, 3.05) is 32.7 Å². The van der Waals surface area contributed by atoms with Crippen molar-refractivity contribution >= 4 is 15.9 Å². The van der Waals surface area contributed by atoms with E-state index in [0.29, 0.717) is 13.1 Å². The number of nitrogens with one attached hydrogen (secondary N) is 1. The van der Waals surface area contributed by atoms with E-state index in [-0.39, 0.29) is 10.6 Å². The summed E-state index contributed by atoms with van der Waals surface area (Å²) in [7, 11) is -1.96. The number of aromatic nitrogens is 1. The molecule has 9 heteroatoms. The highest BCUT2D eigenvalue weighted by Gasteiger charge is 2.29. The number of likely N-dealkylation sites (N-methyl/N-ethyl adjacent to an activating group) is 1. The summed E-state index contributed by atoms with van der Waals surface area (Å²) in [5.74, 6) is 4.57. The lowest BCUT2D eigenvalue weighted by Crippen LogP contribution is -2.48. The van der Waals surface area contributed by atoms with Gasteiger partial charge >= 0.3 is 0 Å². The molecular formula is C12H21N5O3S. The first kappa shape index (κ1) is 16.0. The molecule has 0 aliphatic carbocycles. The molecule has 1 aromatic heterocycles. The largest absolute Gasteiger partial charge is 0.345 e. The molecule has 2 heterocycles. The van der Waals surface area contributed by atoms with Crippen molar-refractivity contribution in [3.05, 3.63) is 18.0 Å². The van der Waals surface area contributed by atoms with Gasteiger partial charge < -0.3 is 9.47 Å². The van der Waals surface area contributed by atoms with Gasteiger partial charge in [0.25, 0.3) is 5.91 Å². The van der Waals surface area contributed by atoms with Crippen LogP contribution >= 0.6 is 0 Å². The Bertz CT molecular complexity index is 617. The molecule has 1 aliphatic rings. The summed E-state index contributed by atoms with van der Waals surface area (Å²) < 4.78 is 28.1. The summed E-state index contributed by atoms with van der Waals surface area (Å²) in [6, 6.07) is 1.35. The quantitative estimate of drug-likeness (QED) is 0.420. The summed E-state index contributed by atoms with van der Waals surface area (Å²) in [5, 5.41) is 0. The Balaban J connectivity index is 2.22. The zero-order valence-corrected chi connectivity index (χ0v) is 13.1. The molecule has 1 aliphatic heterocycles. The number of hydrogen-bond donors (Lipinski definition) is 2. The lowest BCUT2D eigenvalue weighted by Gasteiger charge is -2.32. The molecule has 21 heavy (non-hydrogen) atoms. The van der Waals surface area contributed by atoms with Gasteiger partial charge in [-0.05, 0) is 12.6 Å². The molecule has 0 bridgehead atoms. The van der Waals surface area contributed by atoms with E-state index in [0.717, 1.165) is 19.6 Å². The molecule has 8 nitrogen and oxygen atoms in total. The number of nitrogen functional groups attached to an aromatic ring is 1. The second-order valence-corrected chi connectivity index (χ2v) is 6.92. The number of hydrogen-bond acceptors (Lipinski definition) is 5. The Morgan fingerprint density at radius 2 is 1.95 bits per heavy atom. The molecule has 3 N–H and O–H groups in total. The second-order valence-electron chi connectivity index (χ2n) is 4.98. The maximum Gasteiger partial charge on any atom is 0.281 e. The molecule has 118 valence electrons. The van der Waals surface area contributed by atoms with Crippen LogP contribution in [-0.2, 0) is 17.1 Å². The van der Waals surface area contributed by atoms with Crippen LogP contribution in [0, 0.1) is 0 Å². The highest BCUT2D eigenvalue weighted by atomic mass is 32.2. The van der Waals surface area contributed by atoms with Crippen molar-refractivity contribution in [1.82, 2.24) is 19.2 Å². The summed E-state index contributed by atoms with van der Waals surface area (Å²) in [5.41, 5.74) is 2.22. The topological polar surface area (TPSA) is 101 Å². The molecule has 1 fully saturated rings. The Hall–Kier alpha value is -1.42. The van der Waals surface area contributed by atoms with Gasteiger partial charge in [-0.25, -0.2) is 14.3 Å². The van der Waals surface area contributed by atoms with E-state index in [1.807, 2.05) is 5.43 Å². The van der Waals surface area contributed by atoms with Gasteiger partial charge in [-0.15, -0.1) is 0 Å². The predicted molar refractivity (Wildman–Crippen MR) is 77.9 cm³/mol. The number of piperazine rings is 1. The van der Waals surface area contributed by atoms with E-state index in [4.69, 9.17) is 5.84 Å². The van der Waals surface area contributed by atoms with E-state index in [1.165, 1.54) is 21.1 Å². The maximum absolute atomic E-state index is 12.6. The molecule has 0 unspecified atom stereocenters. The van der Waals surface area contributed by atoms with E-state index >= 15 is 0 Å². The number of hydrazine groups is 1. The summed E-state index contributed by atoms with van der Waals surface area (Å²) >= 11 is 0. The average Bonchev–Trinajstić information content (AvgIpc) is 2.89. The highest BCUT2D eigenvalue weighted by Crippen LogP contribution is 2.20. The molecule has 1 amide bonds. The van der Waals surface area contributed by atoms with Crippen LogP contribution in [0.25, 0.3) is 0 Å². The molecule has 1 aromatic rings. The van der Waals surface area contributed by atoms with Crippen LogP contribution < -0.4 is 11.3 Å². The number of nitrogens with zero attached hydrogens (tertiary/aromatic N) is 3. The predicted octanol–water partition coefficient (Wildman–Crippen LogP) is -1.05. The van der Waals surface area contributed by atoms with Crippen LogP contribution in [0.2, 0.25) is 0 Å². The van der Waals surface area contributed by atoms with Crippen molar-refractivity contribution in [3.8, 4) is 0 Å². The number of rotatable bonds is 4. The third kappa shape index (κ3) is 3.10. The zero-order valence-electron chi connectivity index (χ0n) is 12.2. The molecule has 0 aromatic carbocycles. The van der Waals surface area contributed by atoms with Crippen LogP contribution in [-0.4, -0.2) is 60.8 Å². The Kier molecular flexibility index (Phi) is 4.67. The summed E-state index contributed by atoms with van der Waals surface area (Å²) in [6.45, 7) is 5.34.